The lowest BCUT2D eigenvalue weighted by molar-refractivity contribution is -0.122. The summed E-state index contributed by atoms with van der Waals surface area (Å²) in [5.74, 6) is -0.0835. The first-order valence-electron chi connectivity index (χ1n) is 6.63. The number of nitrogens with zero attached hydrogens (tertiary/aromatic N) is 3. The van der Waals surface area contributed by atoms with Gasteiger partial charge in [-0.2, -0.15) is 9.40 Å². The van der Waals surface area contributed by atoms with Crippen molar-refractivity contribution in [3.8, 4) is 0 Å². The lowest BCUT2D eigenvalue weighted by atomic mass is 10.3. The quantitative estimate of drug-likeness (QED) is 0.658. The summed E-state index contributed by atoms with van der Waals surface area (Å²) in [7, 11) is -3.51. The van der Waals surface area contributed by atoms with E-state index in [2.05, 4.69) is 22.1 Å². The molecular weight excluding hydrogens is 294 g/mol. The predicted molar refractivity (Wildman–Crippen MR) is 77.0 cm³/mol. The maximum absolute atomic E-state index is 12.3. The van der Waals surface area contributed by atoms with Gasteiger partial charge in [0.25, 0.3) is 10.0 Å². The van der Waals surface area contributed by atoms with E-state index in [0.717, 1.165) is 0 Å². The summed E-state index contributed by atoms with van der Waals surface area (Å²) in [5.41, 5.74) is 0. The molecule has 1 aromatic heterocycles. The van der Waals surface area contributed by atoms with Gasteiger partial charge in [-0.25, -0.2) is 8.42 Å². The van der Waals surface area contributed by atoms with Gasteiger partial charge in [0.1, 0.15) is 0 Å². The molecule has 116 valence electrons. The number of aromatic amines is 1. The van der Waals surface area contributed by atoms with Crippen LogP contribution in [0.1, 0.15) is 0 Å². The van der Waals surface area contributed by atoms with E-state index in [1.165, 1.54) is 16.6 Å². The van der Waals surface area contributed by atoms with Gasteiger partial charge in [0.15, 0.2) is 5.03 Å². The Kier molecular flexibility index (Phi) is 5.10. The standard InChI is InChI=1S/C12H19N5O3S/c1-2-4-13-11(18)10-16-6-8-17(9-7-16)21(19,20)12-3-5-14-15-12/h2-3,5H,1,4,6-10H2,(H,13,18)(H,14,15). The second-order valence-electron chi connectivity index (χ2n) is 4.69. The van der Waals surface area contributed by atoms with Crippen molar-refractivity contribution in [2.24, 2.45) is 0 Å². The molecule has 0 saturated carbocycles. The lowest BCUT2D eigenvalue weighted by Gasteiger charge is -2.33. The van der Waals surface area contributed by atoms with Crippen molar-refractivity contribution >= 4 is 15.9 Å². The van der Waals surface area contributed by atoms with Crippen LogP contribution in [0.2, 0.25) is 0 Å². The number of sulfonamides is 1. The first-order chi connectivity index (χ1) is 10.0. The van der Waals surface area contributed by atoms with Crippen LogP contribution in [0.4, 0.5) is 0 Å². The highest BCUT2D eigenvalue weighted by Gasteiger charge is 2.29. The molecule has 2 heterocycles. The van der Waals surface area contributed by atoms with Gasteiger partial charge in [0, 0.05) is 32.7 Å². The fourth-order valence-electron chi connectivity index (χ4n) is 2.10. The van der Waals surface area contributed by atoms with E-state index in [4.69, 9.17) is 0 Å². The van der Waals surface area contributed by atoms with Crippen molar-refractivity contribution in [1.82, 2.24) is 24.7 Å². The number of rotatable bonds is 6. The van der Waals surface area contributed by atoms with E-state index in [1.807, 2.05) is 4.90 Å². The third kappa shape index (κ3) is 3.90. The molecule has 1 aliphatic rings. The number of H-pyrrole nitrogens is 1. The van der Waals surface area contributed by atoms with Gasteiger partial charge in [0.2, 0.25) is 5.91 Å². The van der Waals surface area contributed by atoms with Crippen molar-refractivity contribution in [3.63, 3.8) is 0 Å². The monoisotopic (exact) mass is 313 g/mol. The number of amides is 1. The van der Waals surface area contributed by atoms with Crippen LogP contribution in [-0.2, 0) is 14.8 Å². The first-order valence-corrected chi connectivity index (χ1v) is 8.07. The van der Waals surface area contributed by atoms with Crippen LogP contribution in [0.15, 0.2) is 29.9 Å². The summed E-state index contributed by atoms with van der Waals surface area (Å²) < 4.78 is 25.9. The molecule has 1 aliphatic heterocycles. The van der Waals surface area contributed by atoms with Crippen molar-refractivity contribution in [1.29, 1.82) is 0 Å². The SMILES string of the molecule is C=CCNC(=O)CN1CCN(S(=O)(=O)c2ccn[nH]2)CC1. The summed E-state index contributed by atoms with van der Waals surface area (Å²) in [6, 6.07) is 1.43. The van der Waals surface area contributed by atoms with E-state index in [9.17, 15) is 13.2 Å². The van der Waals surface area contributed by atoms with Gasteiger partial charge in [0.05, 0.1) is 12.7 Å². The van der Waals surface area contributed by atoms with Crippen LogP contribution < -0.4 is 5.32 Å². The minimum absolute atomic E-state index is 0.0835. The Morgan fingerprint density at radius 2 is 2.14 bits per heavy atom. The Morgan fingerprint density at radius 3 is 2.71 bits per heavy atom. The number of nitrogens with one attached hydrogen (secondary N) is 2. The molecule has 1 saturated heterocycles. The maximum atomic E-state index is 12.3. The number of carbonyl (C=O) groups excluding carboxylic acids is 1. The number of piperazine rings is 1. The van der Waals surface area contributed by atoms with E-state index in [-0.39, 0.29) is 17.5 Å². The van der Waals surface area contributed by atoms with E-state index in [0.29, 0.717) is 32.7 Å². The van der Waals surface area contributed by atoms with Gasteiger partial charge in [-0.15, -0.1) is 6.58 Å². The molecule has 1 fully saturated rings. The zero-order chi connectivity index (χ0) is 15.3. The van der Waals surface area contributed by atoms with E-state index < -0.39 is 10.0 Å². The van der Waals surface area contributed by atoms with Gasteiger partial charge in [-0.05, 0) is 6.07 Å². The fourth-order valence-corrected chi connectivity index (χ4v) is 3.42. The van der Waals surface area contributed by atoms with Crippen LogP contribution in [0.3, 0.4) is 0 Å². The molecule has 0 unspecified atom stereocenters. The summed E-state index contributed by atoms with van der Waals surface area (Å²) in [4.78, 5) is 13.5. The zero-order valence-corrected chi connectivity index (χ0v) is 12.5. The van der Waals surface area contributed by atoms with Crippen LogP contribution in [0, 0.1) is 0 Å². The Bertz CT molecular complexity index is 576. The molecule has 0 spiro atoms. The van der Waals surface area contributed by atoms with Crippen molar-refractivity contribution < 1.29 is 13.2 Å². The molecule has 8 nitrogen and oxygen atoms in total. The van der Waals surface area contributed by atoms with E-state index in [1.54, 1.807) is 6.08 Å². The molecule has 1 aromatic rings. The minimum atomic E-state index is -3.51. The van der Waals surface area contributed by atoms with Crippen molar-refractivity contribution in [2.45, 2.75) is 5.03 Å². The Hall–Kier alpha value is -1.71. The summed E-state index contributed by atoms with van der Waals surface area (Å²) in [6.45, 7) is 6.00. The number of carbonyl (C=O) groups is 1. The first kappa shape index (κ1) is 15.7. The molecular formula is C12H19N5O3S. The minimum Gasteiger partial charge on any atom is -0.352 e. The molecule has 0 aromatic carbocycles. The molecule has 2 rings (SSSR count). The third-order valence-electron chi connectivity index (χ3n) is 3.24. The summed E-state index contributed by atoms with van der Waals surface area (Å²) in [5, 5.41) is 8.94. The molecule has 9 heteroatoms. The highest BCUT2D eigenvalue weighted by molar-refractivity contribution is 7.89. The zero-order valence-electron chi connectivity index (χ0n) is 11.7. The molecule has 2 N–H and O–H groups in total. The van der Waals surface area contributed by atoms with Crippen LogP contribution in [0.25, 0.3) is 0 Å². The molecule has 1 amide bonds. The summed E-state index contributed by atoms with van der Waals surface area (Å²) >= 11 is 0. The largest absolute Gasteiger partial charge is 0.352 e. The smallest absolute Gasteiger partial charge is 0.260 e. The van der Waals surface area contributed by atoms with Crippen molar-refractivity contribution in [3.05, 3.63) is 24.9 Å². The van der Waals surface area contributed by atoms with Crippen LogP contribution in [-0.4, -0.2) is 73.0 Å². The fraction of sp³-hybridized carbons (Fsp3) is 0.500. The van der Waals surface area contributed by atoms with E-state index >= 15 is 0 Å². The van der Waals surface area contributed by atoms with Gasteiger partial charge in [-0.1, -0.05) is 6.08 Å². The highest BCUT2D eigenvalue weighted by atomic mass is 32.2. The Balaban J connectivity index is 1.86. The molecule has 21 heavy (non-hydrogen) atoms. The third-order valence-corrected chi connectivity index (χ3v) is 5.06. The predicted octanol–water partition coefficient (Wildman–Crippen LogP) is -0.982. The second kappa shape index (κ2) is 6.83. The Morgan fingerprint density at radius 1 is 1.43 bits per heavy atom. The molecule has 0 atom stereocenters. The normalized spacial score (nSPS) is 17.5. The average molecular weight is 313 g/mol. The van der Waals surface area contributed by atoms with Crippen LogP contribution >= 0.6 is 0 Å². The van der Waals surface area contributed by atoms with Gasteiger partial charge in [-0.3, -0.25) is 14.8 Å². The van der Waals surface area contributed by atoms with Gasteiger partial charge < -0.3 is 5.32 Å². The summed E-state index contributed by atoms with van der Waals surface area (Å²) in [6.07, 6.45) is 3.03. The molecule has 0 bridgehead atoms. The molecule has 0 aliphatic carbocycles. The maximum Gasteiger partial charge on any atom is 0.260 e. The van der Waals surface area contributed by atoms with Crippen molar-refractivity contribution in [2.75, 3.05) is 39.3 Å². The van der Waals surface area contributed by atoms with Gasteiger partial charge >= 0.3 is 0 Å². The van der Waals surface area contributed by atoms with Crippen LogP contribution in [0.5, 0.6) is 0 Å². The number of aromatic nitrogens is 2. The molecule has 0 radical (unpaired) electrons. The number of hydrogen-bond acceptors (Lipinski definition) is 5. The number of hydrogen-bond donors (Lipinski definition) is 2. The highest BCUT2D eigenvalue weighted by Crippen LogP contribution is 2.14. The lowest BCUT2D eigenvalue weighted by Crippen LogP contribution is -2.51. The topological polar surface area (TPSA) is 98.4 Å². The Labute approximate surface area is 123 Å². The average Bonchev–Trinajstić information content (AvgIpc) is 3.00. The second-order valence-corrected chi connectivity index (χ2v) is 6.60.